The lowest BCUT2D eigenvalue weighted by Gasteiger charge is -2.32. The fraction of sp³-hybridized carbons (Fsp3) is 0.562. The molecule has 3 rings (SSSR count). The van der Waals surface area contributed by atoms with Crippen LogP contribution < -0.4 is 5.32 Å². The van der Waals surface area contributed by atoms with Crippen LogP contribution in [0.1, 0.15) is 50.2 Å². The quantitative estimate of drug-likeness (QED) is 0.844. The molecule has 1 N–H and O–H groups in total. The average molecular weight is 356 g/mol. The van der Waals surface area contributed by atoms with Crippen molar-refractivity contribution in [3.05, 3.63) is 22.8 Å². The first kappa shape index (κ1) is 17.1. The molecule has 0 saturated heterocycles. The molecule has 2 heterocycles. The third kappa shape index (κ3) is 3.68. The highest BCUT2D eigenvalue weighted by atomic mass is 32.1. The summed E-state index contributed by atoms with van der Waals surface area (Å²) in [6.45, 7) is 3.20. The predicted octanol–water partition coefficient (Wildman–Crippen LogP) is 4.93. The first-order valence-electron chi connectivity index (χ1n) is 7.95. The SMILES string of the molecule is Cc1csc(-c2nc(NC3CCCCC3(F)F)cc(C(C)F)n2)n1. The topological polar surface area (TPSA) is 50.7 Å². The van der Waals surface area contributed by atoms with Gasteiger partial charge in [-0.15, -0.1) is 11.3 Å². The van der Waals surface area contributed by atoms with Crippen LogP contribution in [0.4, 0.5) is 19.0 Å². The Bertz CT molecular complexity index is 717. The molecule has 4 nitrogen and oxygen atoms in total. The Balaban J connectivity index is 1.93. The Hall–Kier alpha value is -1.70. The summed E-state index contributed by atoms with van der Waals surface area (Å²) in [6.07, 6.45) is 0.165. The maximum absolute atomic E-state index is 14.1. The minimum absolute atomic E-state index is 0.138. The molecular weight excluding hydrogens is 337 g/mol. The Labute approximate surface area is 142 Å². The summed E-state index contributed by atoms with van der Waals surface area (Å²) in [6, 6.07) is 0.411. The van der Waals surface area contributed by atoms with E-state index in [1.165, 1.54) is 24.3 Å². The Morgan fingerprint density at radius 2 is 2.08 bits per heavy atom. The lowest BCUT2D eigenvalue weighted by Crippen LogP contribution is -2.42. The van der Waals surface area contributed by atoms with Crippen LogP contribution in [0.15, 0.2) is 11.4 Å². The number of aryl methyl sites for hydroxylation is 1. The fourth-order valence-corrected chi connectivity index (χ4v) is 3.48. The number of nitrogens with one attached hydrogen (secondary N) is 1. The zero-order valence-corrected chi connectivity index (χ0v) is 14.3. The van der Waals surface area contributed by atoms with Crippen molar-refractivity contribution in [3.63, 3.8) is 0 Å². The summed E-state index contributed by atoms with van der Waals surface area (Å²) in [5.41, 5.74) is 0.972. The van der Waals surface area contributed by atoms with Gasteiger partial charge in [0.1, 0.15) is 12.0 Å². The largest absolute Gasteiger partial charge is 0.361 e. The number of hydrogen-bond acceptors (Lipinski definition) is 5. The highest BCUT2D eigenvalue weighted by molar-refractivity contribution is 7.13. The van der Waals surface area contributed by atoms with Gasteiger partial charge in [-0.2, -0.15) is 0 Å². The number of anilines is 1. The lowest BCUT2D eigenvalue weighted by atomic mass is 9.91. The first-order chi connectivity index (χ1) is 11.3. The van der Waals surface area contributed by atoms with Crippen molar-refractivity contribution in [2.45, 2.75) is 57.7 Å². The number of nitrogens with zero attached hydrogens (tertiary/aromatic N) is 3. The molecule has 0 radical (unpaired) electrons. The van der Waals surface area contributed by atoms with E-state index < -0.39 is 18.1 Å². The second-order valence-electron chi connectivity index (χ2n) is 6.12. The van der Waals surface area contributed by atoms with Crippen molar-refractivity contribution in [1.29, 1.82) is 0 Å². The first-order valence-corrected chi connectivity index (χ1v) is 8.83. The summed E-state index contributed by atoms with van der Waals surface area (Å²) >= 11 is 1.34. The molecule has 8 heteroatoms. The van der Waals surface area contributed by atoms with Crippen molar-refractivity contribution < 1.29 is 13.2 Å². The van der Waals surface area contributed by atoms with Gasteiger partial charge in [0.25, 0.3) is 5.92 Å². The van der Waals surface area contributed by atoms with Crippen molar-refractivity contribution in [2.75, 3.05) is 5.32 Å². The monoisotopic (exact) mass is 356 g/mol. The molecule has 2 atom stereocenters. The normalized spacial score (nSPS) is 21.5. The van der Waals surface area contributed by atoms with E-state index in [2.05, 4.69) is 20.3 Å². The zero-order chi connectivity index (χ0) is 17.3. The Kier molecular flexibility index (Phi) is 4.76. The van der Waals surface area contributed by atoms with Gasteiger partial charge in [0, 0.05) is 23.6 Å². The summed E-state index contributed by atoms with van der Waals surface area (Å²) < 4.78 is 41.9. The van der Waals surface area contributed by atoms with Crippen LogP contribution in [-0.2, 0) is 0 Å². The van der Waals surface area contributed by atoms with Crippen LogP contribution in [0.2, 0.25) is 0 Å². The smallest absolute Gasteiger partial charge is 0.267 e. The van der Waals surface area contributed by atoms with Gasteiger partial charge in [0.05, 0.1) is 11.7 Å². The average Bonchev–Trinajstić information content (AvgIpc) is 2.95. The molecule has 0 aromatic carbocycles. The molecule has 1 aliphatic carbocycles. The van der Waals surface area contributed by atoms with E-state index in [9.17, 15) is 13.2 Å². The van der Waals surface area contributed by atoms with Crippen molar-refractivity contribution in [1.82, 2.24) is 15.0 Å². The summed E-state index contributed by atoms with van der Waals surface area (Å²) in [7, 11) is 0. The molecule has 0 spiro atoms. The number of halogens is 3. The van der Waals surface area contributed by atoms with Crippen LogP contribution in [0.3, 0.4) is 0 Å². The van der Waals surface area contributed by atoms with Crippen molar-refractivity contribution in [2.24, 2.45) is 0 Å². The molecule has 0 amide bonds. The highest BCUT2D eigenvalue weighted by Gasteiger charge is 2.41. The van der Waals surface area contributed by atoms with E-state index >= 15 is 0 Å². The molecule has 24 heavy (non-hydrogen) atoms. The van der Waals surface area contributed by atoms with E-state index in [0.717, 1.165) is 12.1 Å². The molecule has 2 aromatic heterocycles. The van der Waals surface area contributed by atoms with Crippen LogP contribution in [-0.4, -0.2) is 26.9 Å². The zero-order valence-electron chi connectivity index (χ0n) is 13.5. The van der Waals surface area contributed by atoms with E-state index in [1.54, 1.807) is 0 Å². The second kappa shape index (κ2) is 6.66. The maximum Gasteiger partial charge on any atom is 0.267 e. The summed E-state index contributed by atoms with van der Waals surface area (Å²) in [5.74, 6) is -2.31. The molecule has 0 bridgehead atoms. The second-order valence-corrected chi connectivity index (χ2v) is 6.97. The molecule has 0 aliphatic heterocycles. The third-order valence-electron chi connectivity index (χ3n) is 4.05. The van der Waals surface area contributed by atoms with Crippen molar-refractivity contribution >= 4 is 17.2 Å². The molecule has 2 aromatic rings. The van der Waals surface area contributed by atoms with Gasteiger partial charge >= 0.3 is 0 Å². The number of thiazole rings is 1. The number of alkyl halides is 3. The lowest BCUT2D eigenvalue weighted by molar-refractivity contribution is -0.0449. The molecule has 1 saturated carbocycles. The van der Waals surface area contributed by atoms with Gasteiger partial charge in [-0.3, -0.25) is 0 Å². The van der Waals surface area contributed by atoms with E-state index in [1.807, 2.05) is 12.3 Å². The van der Waals surface area contributed by atoms with Gasteiger partial charge in [-0.25, -0.2) is 28.1 Å². The molecule has 1 fully saturated rings. The van der Waals surface area contributed by atoms with Crippen LogP contribution in [0.5, 0.6) is 0 Å². The van der Waals surface area contributed by atoms with Gasteiger partial charge in [-0.05, 0) is 26.7 Å². The molecular formula is C16H19F3N4S. The number of hydrogen-bond donors (Lipinski definition) is 1. The maximum atomic E-state index is 14.1. The van der Waals surface area contributed by atoms with Gasteiger partial charge in [0.2, 0.25) is 0 Å². The van der Waals surface area contributed by atoms with Gasteiger partial charge in [0.15, 0.2) is 10.8 Å². The number of rotatable bonds is 4. The minimum atomic E-state index is -2.79. The molecule has 130 valence electrons. The predicted molar refractivity (Wildman–Crippen MR) is 88.2 cm³/mol. The van der Waals surface area contributed by atoms with Crippen LogP contribution >= 0.6 is 11.3 Å². The summed E-state index contributed by atoms with van der Waals surface area (Å²) in [5, 5.41) is 5.18. The van der Waals surface area contributed by atoms with Crippen molar-refractivity contribution in [3.8, 4) is 10.8 Å². The summed E-state index contributed by atoms with van der Waals surface area (Å²) in [4.78, 5) is 12.8. The standard InChI is InChI=1S/C16H19F3N4S/c1-9-8-24-15(20-9)14-21-11(10(2)17)7-13(23-14)22-12-5-3-4-6-16(12,18)19/h7-8,10,12H,3-6H2,1-2H3,(H,21,22,23). The molecule has 2 unspecified atom stereocenters. The van der Waals surface area contributed by atoms with E-state index in [-0.39, 0.29) is 23.8 Å². The molecule has 1 aliphatic rings. The van der Waals surface area contributed by atoms with Crippen LogP contribution in [0, 0.1) is 6.92 Å². The third-order valence-corrected chi connectivity index (χ3v) is 5.00. The van der Waals surface area contributed by atoms with Gasteiger partial charge < -0.3 is 5.32 Å². The van der Waals surface area contributed by atoms with Crippen LogP contribution in [0.25, 0.3) is 10.8 Å². The minimum Gasteiger partial charge on any atom is -0.361 e. The van der Waals surface area contributed by atoms with E-state index in [0.29, 0.717) is 17.8 Å². The van der Waals surface area contributed by atoms with E-state index in [4.69, 9.17) is 0 Å². The Morgan fingerprint density at radius 1 is 1.29 bits per heavy atom. The Morgan fingerprint density at radius 3 is 2.71 bits per heavy atom. The number of aromatic nitrogens is 3. The fourth-order valence-electron chi connectivity index (χ4n) is 2.75. The van der Waals surface area contributed by atoms with Gasteiger partial charge in [-0.1, -0.05) is 6.42 Å². The highest BCUT2D eigenvalue weighted by Crippen LogP contribution is 2.35.